The highest BCUT2D eigenvalue weighted by Crippen LogP contribution is 2.30. The first-order chi connectivity index (χ1) is 9.02. The summed E-state index contributed by atoms with van der Waals surface area (Å²) >= 11 is 1.58. The predicted molar refractivity (Wildman–Crippen MR) is 75.0 cm³/mol. The molecule has 104 valence electrons. The third-order valence-electron chi connectivity index (χ3n) is 3.14. The molecule has 0 aliphatic heterocycles. The summed E-state index contributed by atoms with van der Waals surface area (Å²) < 4.78 is 3.79. The van der Waals surface area contributed by atoms with Crippen molar-refractivity contribution in [1.29, 1.82) is 0 Å². The Balaban J connectivity index is 2.31. The summed E-state index contributed by atoms with van der Waals surface area (Å²) in [5.74, 6) is 0. The van der Waals surface area contributed by atoms with E-state index in [0.717, 1.165) is 28.7 Å². The van der Waals surface area contributed by atoms with Crippen LogP contribution in [-0.2, 0) is 20.5 Å². The van der Waals surface area contributed by atoms with E-state index in [9.17, 15) is 0 Å². The molecular formula is C12H20N6S. The lowest BCUT2D eigenvalue weighted by molar-refractivity contribution is 0.630. The molecule has 1 unspecified atom stereocenters. The molecule has 2 N–H and O–H groups in total. The molecule has 2 rings (SSSR count). The van der Waals surface area contributed by atoms with Crippen LogP contribution in [0.2, 0.25) is 0 Å². The van der Waals surface area contributed by atoms with Crippen molar-refractivity contribution >= 4 is 11.8 Å². The maximum absolute atomic E-state index is 6.08. The van der Waals surface area contributed by atoms with Crippen LogP contribution in [0.15, 0.2) is 16.5 Å². The average molecular weight is 280 g/mol. The van der Waals surface area contributed by atoms with Crippen molar-refractivity contribution in [3.63, 3.8) is 0 Å². The highest BCUT2D eigenvalue weighted by Gasteiger charge is 2.18. The second-order valence-corrected chi connectivity index (χ2v) is 5.65. The van der Waals surface area contributed by atoms with E-state index in [1.165, 1.54) is 5.56 Å². The van der Waals surface area contributed by atoms with Crippen LogP contribution in [0.1, 0.15) is 24.6 Å². The molecule has 6 nitrogen and oxygen atoms in total. The summed E-state index contributed by atoms with van der Waals surface area (Å²) in [6.45, 7) is 4.13. The molecule has 19 heavy (non-hydrogen) atoms. The maximum atomic E-state index is 6.08. The largest absolute Gasteiger partial charge is 0.327 e. The summed E-state index contributed by atoms with van der Waals surface area (Å²) in [7, 11) is 3.88. The first kappa shape index (κ1) is 14.1. The number of hydrogen-bond acceptors (Lipinski definition) is 5. The van der Waals surface area contributed by atoms with E-state index in [2.05, 4.69) is 22.2 Å². The summed E-state index contributed by atoms with van der Waals surface area (Å²) in [5, 5.41) is 14.4. The minimum atomic E-state index is 0.168. The molecule has 0 amide bonds. The van der Waals surface area contributed by atoms with Crippen LogP contribution >= 0.6 is 11.8 Å². The third-order valence-corrected chi connectivity index (χ3v) is 4.39. The van der Waals surface area contributed by atoms with Crippen LogP contribution in [-0.4, -0.2) is 30.6 Å². The van der Waals surface area contributed by atoms with Crippen LogP contribution in [0.25, 0.3) is 0 Å². The van der Waals surface area contributed by atoms with E-state index in [1.807, 2.05) is 30.3 Å². The minimum absolute atomic E-state index is 0.168. The third kappa shape index (κ3) is 2.98. The molecule has 1 atom stereocenters. The van der Waals surface area contributed by atoms with Gasteiger partial charge in [0.2, 0.25) is 0 Å². The van der Waals surface area contributed by atoms with Gasteiger partial charge in [-0.1, -0.05) is 6.92 Å². The molecule has 0 aromatic carbocycles. The Morgan fingerprint density at radius 3 is 2.74 bits per heavy atom. The molecule has 2 heterocycles. The van der Waals surface area contributed by atoms with E-state index in [0.29, 0.717) is 0 Å². The van der Waals surface area contributed by atoms with Crippen molar-refractivity contribution in [3.8, 4) is 0 Å². The van der Waals surface area contributed by atoms with Gasteiger partial charge in [-0.25, -0.2) is 0 Å². The first-order valence-electron chi connectivity index (χ1n) is 6.32. The lowest BCUT2D eigenvalue weighted by Crippen LogP contribution is -2.22. The van der Waals surface area contributed by atoms with Crippen molar-refractivity contribution in [3.05, 3.63) is 17.6 Å². The maximum Gasteiger partial charge on any atom is 0.197 e. The second-order valence-electron chi connectivity index (χ2n) is 4.69. The quantitative estimate of drug-likeness (QED) is 0.893. The van der Waals surface area contributed by atoms with Gasteiger partial charge >= 0.3 is 0 Å². The zero-order chi connectivity index (χ0) is 14.0. The SMILES string of the molecule is CCC(N)Cc1c(C)nn(C)c1Sc1nncn1C. The molecule has 0 aliphatic rings. The zero-order valence-electron chi connectivity index (χ0n) is 11.8. The standard InChI is InChI=1S/C12H20N6S/c1-5-9(13)6-10-8(2)16-18(4)11(10)19-12-15-14-7-17(12)3/h7,9H,5-6,13H2,1-4H3. The topological polar surface area (TPSA) is 74.6 Å². The molecule has 0 bridgehead atoms. The number of aromatic nitrogens is 5. The number of rotatable bonds is 5. The number of aryl methyl sites for hydroxylation is 3. The second kappa shape index (κ2) is 5.75. The van der Waals surface area contributed by atoms with Crippen molar-refractivity contribution in [1.82, 2.24) is 24.5 Å². The van der Waals surface area contributed by atoms with Crippen LogP contribution in [0.4, 0.5) is 0 Å². The molecule has 7 heteroatoms. The van der Waals surface area contributed by atoms with E-state index in [4.69, 9.17) is 5.73 Å². The molecular weight excluding hydrogens is 260 g/mol. The molecule has 0 aliphatic carbocycles. The van der Waals surface area contributed by atoms with Crippen LogP contribution in [0.3, 0.4) is 0 Å². The Bertz CT molecular complexity index is 559. The summed E-state index contributed by atoms with van der Waals surface area (Å²) in [4.78, 5) is 0. The Morgan fingerprint density at radius 1 is 1.42 bits per heavy atom. The van der Waals surface area contributed by atoms with Gasteiger partial charge in [0.25, 0.3) is 0 Å². The fourth-order valence-corrected chi connectivity index (χ4v) is 2.88. The van der Waals surface area contributed by atoms with Gasteiger partial charge < -0.3 is 10.3 Å². The lowest BCUT2D eigenvalue weighted by Gasteiger charge is -2.10. The number of hydrogen-bond donors (Lipinski definition) is 1. The monoisotopic (exact) mass is 280 g/mol. The molecule has 2 aromatic heterocycles. The summed E-state index contributed by atoms with van der Waals surface area (Å²) in [6, 6.07) is 0.168. The normalized spacial score (nSPS) is 12.9. The Hall–Kier alpha value is -1.34. The summed E-state index contributed by atoms with van der Waals surface area (Å²) in [5.41, 5.74) is 8.33. The van der Waals surface area contributed by atoms with Gasteiger partial charge in [-0.15, -0.1) is 10.2 Å². The van der Waals surface area contributed by atoms with Gasteiger partial charge in [-0.05, 0) is 31.5 Å². The number of nitrogens with two attached hydrogens (primary N) is 1. The van der Waals surface area contributed by atoms with Gasteiger partial charge in [0, 0.05) is 25.7 Å². The molecule has 0 radical (unpaired) electrons. The van der Waals surface area contributed by atoms with Crippen LogP contribution < -0.4 is 5.73 Å². The molecule has 2 aromatic rings. The average Bonchev–Trinajstić information content (AvgIpc) is 2.88. The molecule has 0 spiro atoms. The minimum Gasteiger partial charge on any atom is -0.327 e. The number of nitrogens with zero attached hydrogens (tertiary/aromatic N) is 5. The van der Waals surface area contributed by atoms with Gasteiger partial charge in [-0.2, -0.15) is 5.10 Å². The lowest BCUT2D eigenvalue weighted by atomic mass is 10.1. The first-order valence-corrected chi connectivity index (χ1v) is 7.14. The molecule has 0 saturated carbocycles. The summed E-state index contributed by atoms with van der Waals surface area (Å²) in [6.07, 6.45) is 3.50. The van der Waals surface area contributed by atoms with Crippen molar-refractivity contribution in [2.75, 3.05) is 0 Å². The van der Waals surface area contributed by atoms with Gasteiger partial charge in [-0.3, -0.25) is 4.68 Å². The van der Waals surface area contributed by atoms with E-state index in [-0.39, 0.29) is 6.04 Å². The Morgan fingerprint density at radius 2 is 2.16 bits per heavy atom. The highest BCUT2D eigenvalue weighted by atomic mass is 32.2. The predicted octanol–water partition coefficient (Wildman–Crippen LogP) is 1.29. The van der Waals surface area contributed by atoms with Crippen LogP contribution in [0.5, 0.6) is 0 Å². The smallest absolute Gasteiger partial charge is 0.197 e. The molecule has 0 saturated heterocycles. The van der Waals surface area contributed by atoms with E-state index in [1.54, 1.807) is 18.1 Å². The Labute approximate surface area is 117 Å². The highest BCUT2D eigenvalue weighted by molar-refractivity contribution is 7.99. The van der Waals surface area contributed by atoms with Crippen molar-refractivity contribution in [2.24, 2.45) is 19.8 Å². The van der Waals surface area contributed by atoms with Crippen molar-refractivity contribution in [2.45, 2.75) is 42.9 Å². The van der Waals surface area contributed by atoms with Gasteiger partial charge in [0.1, 0.15) is 11.4 Å². The van der Waals surface area contributed by atoms with Crippen molar-refractivity contribution < 1.29 is 0 Å². The fourth-order valence-electron chi connectivity index (χ4n) is 1.90. The Kier molecular flexibility index (Phi) is 4.26. The van der Waals surface area contributed by atoms with Crippen LogP contribution in [0, 0.1) is 6.92 Å². The molecule has 0 fully saturated rings. The fraction of sp³-hybridized carbons (Fsp3) is 0.583. The van der Waals surface area contributed by atoms with Gasteiger partial charge in [0.05, 0.1) is 5.69 Å². The van der Waals surface area contributed by atoms with E-state index < -0.39 is 0 Å². The van der Waals surface area contributed by atoms with E-state index >= 15 is 0 Å². The van der Waals surface area contributed by atoms with Gasteiger partial charge in [0.15, 0.2) is 5.16 Å². The zero-order valence-corrected chi connectivity index (χ0v) is 12.6.